The highest BCUT2D eigenvalue weighted by Crippen LogP contribution is 2.23. The van der Waals surface area contributed by atoms with Crippen molar-refractivity contribution in [1.29, 1.82) is 0 Å². The summed E-state index contributed by atoms with van der Waals surface area (Å²) in [6.07, 6.45) is 2.23. The zero-order chi connectivity index (χ0) is 11.7. The molecule has 2 rings (SSSR count). The van der Waals surface area contributed by atoms with Crippen LogP contribution in [0.4, 0.5) is 0 Å². The summed E-state index contributed by atoms with van der Waals surface area (Å²) < 4.78 is 2.73. The van der Waals surface area contributed by atoms with Crippen molar-refractivity contribution in [2.45, 2.75) is 13.3 Å². The summed E-state index contributed by atoms with van der Waals surface area (Å²) in [6, 6.07) is 3.93. The number of rotatable bonds is 3. The quantitative estimate of drug-likeness (QED) is 0.817. The van der Waals surface area contributed by atoms with Gasteiger partial charge < -0.3 is 0 Å². The van der Waals surface area contributed by atoms with Crippen LogP contribution >= 0.6 is 27.3 Å². The van der Waals surface area contributed by atoms with Crippen molar-refractivity contribution in [3.05, 3.63) is 38.3 Å². The minimum absolute atomic E-state index is 0.125. The molecule has 0 bridgehead atoms. The summed E-state index contributed by atoms with van der Waals surface area (Å²) in [6.45, 7) is 1.86. The first-order chi connectivity index (χ1) is 7.56. The van der Waals surface area contributed by atoms with Gasteiger partial charge in [-0.3, -0.25) is 9.48 Å². The van der Waals surface area contributed by atoms with Gasteiger partial charge in [0, 0.05) is 24.5 Å². The molecule has 0 spiro atoms. The van der Waals surface area contributed by atoms with Crippen LogP contribution in [0.15, 0.2) is 22.1 Å². The van der Waals surface area contributed by atoms with Crippen LogP contribution in [0.1, 0.15) is 20.9 Å². The van der Waals surface area contributed by atoms with Crippen LogP contribution in [0, 0.1) is 6.92 Å². The highest BCUT2D eigenvalue weighted by molar-refractivity contribution is 9.11. The van der Waals surface area contributed by atoms with Crippen LogP contribution in [0.5, 0.6) is 0 Å². The minimum Gasteiger partial charge on any atom is -0.294 e. The Kier molecular flexibility index (Phi) is 3.25. The standard InChI is InChI=1S/C11H11BrN2OS/c1-7-9(6-14(2)13-7)10(15)5-8-3-4-11(12)16-8/h3-4,6H,5H2,1-2H3. The van der Waals surface area contributed by atoms with Gasteiger partial charge in [-0.2, -0.15) is 5.10 Å². The summed E-state index contributed by atoms with van der Waals surface area (Å²) in [4.78, 5) is 13.1. The third-order valence-corrected chi connectivity index (χ3v) is 3.90. The molecule has 0 fully saturated rings. The number of aromatic nitrogens is 2. The second kappa shape index (κ2) is 4.51. The number of thiophene rings is 1. The first kappa shape index (κ1) is 11.5. The van der Waals surface area contributed by atoms with Crippen molar-refractivity contribution in [2.75, 3.05) is 0 Å². The number of Topliss-reactive ketones (excluding diaryl/α,β-unsaturated/α-hetero) is 1. The molecule has 2 aromatic rings. The number of halogens is 1. The van der Waals surface area contributed by atoms with E-state index in [2.05, 4.69) is 21.0 Å². The fraction of sp³-hybridized carbons (Fsp3) is 0.273. The van der Waals surface area contributed by atoms with E-state index in [1.807, 2.05) is 26.1 Å². The van der Waals surface area contributed by atoms with E-state index in [-0.39, 0.29) is 5.78 Å². The molecule has 0 radical (unpaired) electrons. The van der Waals surface area contributed by atoms with Crippen molar-refractivity contribution in [1.82, 2.24) is 9.78 Å². The molecule has 0 aromatic carbocycles. The Labute approximate surface area is 106 Å². The molecule has 0 atom stereocenters. The van der Waals surface area contributed by atoms with Crippen LogP contribution < -0.4 is 0 Å². The van der Waals surface area contributed by atoms with Gasteiger partial charge >= 0.3 is 0 Å². The molecule has 0 saturated heterocycles. The van der Waals surface area contributed by atoms with Gasteiger partial charge in [0.25, 0.3) is 0 Å². The van der Waals surface area contributed by atoms with E-state index >= 15 is 0 Å². The average molecular weight is 299 g/mol. The molecule has 5 heteroatoms. The van der Waals surface area contributed by atoms with Crippen LogP contribution in [0.25, 0.3) is 0 Å². The average Bonchev–Trinajstić information content (AvgIpc) is 2.73. The van der Waals surface area contributed by atoms with Crippen LogP contribution in [-0.4, -0.2) is 15.6 Å². The monoisotopic (exact) mass is 298 g/mol. The fourth-order valence-corrected chi connectivity index (χ4v) is 3.06. The van der Waals surface area contributed by atoms with Gasteiger partial charge in [0.2, 0.25) is 0 Å². The van der Waals surface area contributed by atoms with Gasteiger partial charge in [-0.05, 0) is 35.0 Å². The lowest BCUT2D eigenvalue weighted by molar-refractivity contribution is 0.0993. The maximum absolute atomic E-state index is 12.0. The number of aryl methyl sites for hydroxylation is 2. The van der Waals surface area contributed by atoms with Crippen LogP contribution in [0.2, 0.25) is 0 Å². The highest BCUT2D eigenvalue weighted by atomic mass is 79.9. The second-order valence-electron chi connectivity index (χ2n) is 3.61. The van der Waals surface area contributed by atoms with E-state index in [1.165, 1.54) is 0 Å². The Morgan fingerprint density at radius 2 is 2.31 bits per heavy atom. The first-order valence-electron chi connectivity index (χ1n) is 4.84. The normalized spacial score (nSPS) is 10.7. The van der Waals surface area contributed by atoms with E-state index in [9.17, 15) is 4.79 Å². The Balaban J connectivity index is 2.17. The summed E-state index contributed by atoms with van der Waals surface area (Å²) >= 11 is 4.98. The molecule has 0 N–H and O–H groups in total. The molecule has 0 unspecified atom stereocenters. The van der Waals surface area contributed by atoms with Crippen LogP contribution in [-0.2, 0) is 13.5 Å². The molecule has 0 aliphatic carbocycles. The maximum atomic E-state index is 12.0. The zero-order valence-electron chi connectivity index (χ0n) is 9.03. The topological polar surface area (TPSA) is 34.9 Å². The third kappa shape index (κ3) is 2.41. The number of hydrogen-bond donors (Lipinski definition) is 0. The second-order valence-corrected chi connectivity index (χ2v) is 6.16. The van der Waals surface area contributed by atoms with Crippen molar-refractivity contribution in [3.63, 3.8) is 0 Å². The van der Waals surface area contributed by atoms with Gasteiger partial charge in [-0.1, -0.05) is 0 Å². The van der Waals surface area contributed by atoms with Gasteiger partial charge in [0.05, 0.1) is 15.0 Å². The number of hydrogen-bond acceptors (Lipinski definition) is 3. The molecule has 0 saturated carbocycles. The van der Waals surface area contributed by atoms with Crippen molar-refractivity contribution >= 4 is 33.0 Å². The Bertz CT molecular complexity index is 530. The number of carbonyl (C=O) groups is 1. The molecular formula is C11H11BrN2OS. The SMILES string of the molecule is Cc1nn(C)cc1C(=O)Cc1ccc(Br)s1. The molecule has 0 aliphatic rings. The van der Waals surface area contributed by atoms with E-state index < -0.39 is 0 Å². The summed E-state index contributed by atoms with van der Waals surface area (Å²) in [5, 5.41) is 4.17. The van der Waals surface area contributed by atoms with Gasteiger partial charge in [0.1, 0.15) is 0 Å². The fourth-order valence-electron chi connectivity index (χ4n) is 1.57. The molecule has 16 heavy (non-hydrogen) atoms. The summed E-state index contributed by atoms with van der Waals surface area (Å²) in [7, 11) is 1.82. The lowest BCUT2D eigenvalue weighted by Crippen LogP contribution is -2.02. The molecule has 2 heterocycles. The Hall–Kier alpha value is -0.940. The first-order valence-corrected chi connectivity index (χ1v) is 6.45. The smallest absolute Gasteiger partial charge is 0.171 e. The number of carbonyl (C=O) groups excluding carboxylic acids is 1. The molecule has 3 nitrogen and oxygen atoms in total. The van der Waals surface area contributed by atoms with Crippen LogP contribution in [0.3, 0.4) is 0 Å². The van der Waals surface area contributed by atoms with Crippen molar-refractivity contribution in [3.8, 4) is 0 Å². The molecule has 0 amide bonds. The molecule has 84 valence electrons. The Morgan fingerprint density at radius 1 is 1.56 bits per heavy atom. The third-order valence-electron chi connectivity index (χ3n) is 2.28. The van der Waals surface area contributed by atoms with Gasteiger partial charge in [-0.15, -0.1) is 11.3 Å². The number of nitrogens with zero attached hydrogens (tertiary/aromatic N) is 2. The van der Waals surface area contributed by atoms with Gasteiger partial charge in [0.15, 0.2) is 5.78 Å². The number of ketones is 1. The molecule has 0 aliphatic heterocycles. The zero-order valence-corrected chi connectivity index (χ0v) is 11.4. The molecular weight excluding hydrogens is 288 g/mol. The minimum atomic E-state index is 0.125. The van der Waals surface area contributed by atoms with Gasteiger partial charge in [-0.25, -0.2) is 0 Å². The van der Waals surface area contributed by atoms with E-state index in [1.54, 1.807) is 22.2 Å². The van der Waals surface area contributed by atoms with Crippen molar-refractivity contribution < 1.29 is 4.79 Å². The van der Waals surface area contributed by atoms with Crippen molar-refractivity contribution in [2.24, 2.45) is 7.05 Å². The van der Waals surface area contributed by atoms with E-state index in [0.717, 1.165) is 14.4 Å². The Morgan fingerprint density at radius 3 is 2.81 bits per heavy atom. The predicted molar refractivity (Wildman–Crippen MR) is 68.0 cm³/mol. The largest absolute Gasteiger partial charge is 0.294 e. The predicted octanol–water partition coefficient (Wildman–Crippen LogP) is 2.98. The maximum Gasteiger partial charge on any atom is 0.171 e. The van der Waals surface area contributed by atoms with E-state index in [0.29, 0.717) is 12.0 Å². The lowest BCUT2D eigenvalue weighted by atomic mass is 10.1. The summed E-state index contributed by atoms with van der Waals surface area (Å²) in [5.41, 5.74) is 1.51. The summed E-state index contributed by atoms with van der Waals surface area (Å²) in [5.74, 6) is 0.125. The highest BCUT2D eigenvalue weighted by Gasteiger charge is 2.13. The lowest BCUT2D eigenvalue weighted by Gasteiger charge is -1.95. The van der Waals surface area contributed by atoms with E-state index in [4.69, 9.17) is 0 Å². The molecule has 2 aromatic heterocycles.